The van der Waals surface area contributed by atoms with Gasteiger partial charge in [0.25, 0.3) is 0 Å². The summed E-state index contributed by atoms with van der Waals surface area (Å²) in [4.78, 5) is 6.92. The van der Waals surface area contributed by atoms with Crippen molar-refractivity contribution in [2.45, 2.75) is 5.03 Å². The molecule has 0 aliphatic rings. The molecule has 0 aliphatic carbocycles. The first kappa shape index (κ1) is 8.57. The Balaban J connectivity index is 3.28. The molecule has 0 saturated carbocycles. The minimum Gasteiger partial charge on any atom is -0.281 e. The summed E-state index contributed by atoms with van der Waals surface area (Å²) in [6.07, 6.45) is 1.03. The summed E-state index contributed by atoms with van der Waals surface area (Å²) in [6, 6.07) is 1.11. The Kier molecular flexibility index (Phi) is 2.21. The van der Waals surface area contributed by atoms with E-state index in [1.165, 1.54) is 0 Å². The fraction of sp³-hybridized carbons (Fsp3) is 0. The highest BCUT2D eigenvalue weighted by Gasteiger charge is 2.10. The van der Waals surface area contributed by atoms with Crippen LogP contribution in [0, 0.1) is 0 Å². The molecule has 1 heterocycles. The van der Waals surface area contributed by atoms with E-state index in [-0.39, 0.29) is 0 Å². The Morgan fingerprint density at radius 1 is 1.45 bits per heavy atom. The lowest BCUT2D eigenvalue weighted by Crippen LogP contribution is -2.01. The van der Waals surface area contributed by atoms with Gasteiger partial charge in [-0.3, -0.25) is 4.55 Å². The Morgan fingerprint density at radius 3 is 2.45 bits per heavy atom. The summed E-state index contributed by atoms with van der Waals surface area (Å²) in [5.74, 6) is 0. The van der Waals surface area contributed by atoms with Crippen LogP contribution in [0.25, 0.3) is 0 Å². The van der Waals surface area contributed by atoms with Crippen molar-refractivity contribution in [3.8, 4) is 0 Å². The summed E-state index contributed by atoms with van der Waals surface area (Å²) in [7, 11) is -4.21. The SMILES string of the molecule is O=S(=O)(O)c1cc(Br)ncn1. The predicted molar refractivity (Wildman–Crippen MR) is 39.5 cm³/mol. The van der Waals surface area contributed by atoms with Crippen molar-refractivity contribution in [3.63, 3.8) is 0 Å². The van der Waals surface area contributed by atoms with Gasteiger partial charge in [-0.15, -0.1) is 0 Å². The fourth-order valence-electron chi connectivity index (χ4n) is 0.458. The molecule has 1 aromatic heterocycles. The molecule has 11 heavy (non-hydrogen) atoms. The van der Waals surface area contributed by atoms with Crippen LogP contribution >= 0.6 is 15.9 Å². The topological polar surface area (TPSA) is 80.2 Å². The van der Waals surface area contributed by atoms with Crippen molar-refractivity contribution in [2.24, 2.45) is 0 Å². The molecule has 60 valence electrons. The van der Waals surface area contributed by atoms with Gasteiger partial charge in [-0.05, 0) is 15.9 Å². The monoisotopic (exact) mass is 238 g/mol. The molecule has 0 aromatic carbocycles. The number of aromatic nitrogens is 2. The third kappa shape index (κ3) is 2.21. The highest BCUT2D eigenvalue weighted by atomic mass is 79.9. The smallest absolute Gasteiger partial charge is 0.281 e. The first-order valence-electron chi connectivity index (χ1n) is 2.45. The van der Waals surface area contributed by atoms with E-state index in [2.05, 4.69) is 25.9 Å². The largest absolute Gasteiger partial charge is 0.312 e. The number of rotatable bonds is 1. The quantitative estimate of drug-likeness (QED) is 0.569. The van der Waals surface area contributed by atoms with Gasteiger partial charge in [0.05, 0.1) is 0 Å². The van der Waals surface area contributed by atoms with Crippen molar-refractivity contribution in [1.29, 1.82) is 0 Å². The zero-order valence-electron chi connectivity index (χ0n) is 5.10. The van der Waals surface area contributed by atoms with E-state index in [1.54, 1.807) is 0 Å². The zero-order valence-corrected chi connectivity index (χ0v) is 7.50. The standard InChI is InChI=1S/C4H3BrN2O3S/c5-3-1-4(7-2-6-3)11(8,9)10/h1-2H,(H,8,9,10). The van der Waals surface area contributed by atoms with E-state index in [0.29, 0.717) is 4.60 Å². The van der Waals surface area contributed by atoms with Gasteiger partial charge in [0.2, 0.25) is 0 Å². The van der Waals surface area contributed by atoms with Crippen LogP contribution in [-0.2, 0) is 10.1 Å². The molecule has 1 N–H and O–H groups in total. The summed E-state index contributed by atoms with van der Waals surface area (Å²) in [5, 5.41) is -0.417. The van der Waals surface area contributed by atoms with Gasteiger partial charge in [-0.25, -0.2) is 9.97 Å². The minimum absolute atomic E-state index is 0.306. The van der Waals surface area contributed by atoms with Gasteiger partial charge in [-0.2, -0.15) is 8.42 Å². The molecule has 7 heteroatoms. The van der Waals surface area contributed by atoms with E-state index in [9.17, 15) is 8.42 Å². The predicted octanol–water partition coefficient (Wildman–Crippen LogP) is 0.486. The molecule has 0 amide bonds. The van der Waals surface area contributed by atoms with E-state index >= 15 is 0 Å². The summed E-state index contributed by atoms with van der Waals surface area (Å²) in [6.45, 7) is 0. The van der Waals surface area contributed by atoms with E-state index < -0.39 is 15.1 Å². The molecule has 0 saturated heterocycles. The molecule has 0 unspecified atom stereocenters. The summed E-state index contributed by atoms with van der Waals surface area (Å²) >= 11 is 2.93. The first-order chi connectivity index (χ1) is 5.00. The van der Waals surface area contributed by atoms with Crippen LogP contribution in [0.2, 0.25) is 0 Å². The second-order valence-corrected chi connectivity index (χ2v) is 3.83. The van der Waals surface area contributed by atoms with Gasteiger partial charge in [-0.1, -0.05) is 0 Å². The summed E-state index contributed by atoms with van der Waals surface area (Å²) in [5.41, 5.74) is 0. The number of nitrogens with zero attached hydrogens (tertiary/aromatic N) is 2. The third-order valence-corrected chi connectivity index (χ3v) is 2.06. The number of hydrogen-bond acceptors (Lipinski definition) is 4. The Hall–Kier alpha value is -0.530. The second kappa shape index (κ2) is 2.84. The van der Waals surface area contributed by atoms with Gasteiger partial charge in [0.1, 0.15) is 10.9 Å². The van der Waals surface area contributed by atoms with Crippen molar-refractivity contribution >= 4 is 26.0 Å². The number of hydrogen-bond donors (Lipinski definition) is 1. The molecule has 5 nitrogen and oxygen atoms in total. The molecule has 0 atom stereocenters. The van der Waals surface area contributed by atoms with E-state index in [0.717, 1.165) is 12.4 Å². The maximum absolute atomic E-state index is 10.4. The zero-order chi connectivity index (χ0) is 8.48. The highest BCUT2D eigenvalue weighted by Crippen LogP contribution is 2.09. The maximum Gasteiger partial charge on any atom is 0.312 e. The van der Waals surface area contributed by atoms with Gasteiger partial charge < -0.3 is 0 Å². The molecule has 1 rings (SSSR count). The summed E-state index contributed by atoms with van der Waals surface area (Å²) < 4.78 is 29.6. The van der Waals surface area contributed by atoms with E-state index in [1.807, 2.05) is 0 Å². The second-order valence-electron chi connectivity index (χ2n) is 1.65. The maximum atomic E-state index is 10.4. The Labute approximate surface area is 71.4 Å². The van der Waals surface area contributed by atoms with Crippen LogP contribution in [0.3, 0.4) is 0 Å². The Morgan fingerprint density at radius 2 is 2.09 bits per heavy atom. The molecule has 0 spiro atoms. The van der Waals surface area contributed by atoms with Crippen LogP contribution in [0.5, 0.6) is 0 Å². The van der Waals surface area contributed by atoms with Crippen molar-refractivity contribution in [2.75, 3.05) is 0 Å². The molecule has 1 aromatic rings. The van der Waals surface area contributed by atoms with Crippen LogP contribution in [0.1, 0.15) is 0 Å². The highest BCUT2D eigenvalue weighted by molar-refractivity contribution is 9.10. The normalized spacial score (nSPS) is 11.5. The average Bonchev–Trinajstić information content (AvgIpc) is 1.86. The fourth-order valence-corrected chi connectivity index (χ4v) is 1.36. The van der Waals surface area contributed by atoms with Crippen molar-refractivity contribution in [3.05, 3.63) is 17.0 Å². The van der Waals surface area contributed by atoms with Crippen LogP contribution in [0.15, 0.2) is 22.0 Å². The van der Waals surface area contributed by atoms with Crippen LogP contribution in [-0.4, -0.2) is 22.9 Å². The van der Waals surface area contributed by atoms with Crippen molar-refractivity contribution in [1.82, 2.24) is 9.97 Å². The Bertz CT molecular complexity index is 363. The molecule has 0 aliphatic heterocycles. The number of halogens is 1. The molecular weight excluding hydrogens is 236 g/mol. The lowest BCUT2D eigenvalue weighted by atomic mass is 10.7. The molecule has 0 fully saturated rings. The van der Waals surface area contributed by atoms with Gasteiger partial charge in [0.15, 0.2) is 5.03 Å². The lowest BCUT2D eigenvalue weighted by molar-refractivity contribution is 0.479. The van der Waals surface area contributed by atoms with Gasteiger partial charge >= 0.3 is 10.1 Å². The van der Waals surface area contributed by atoms with E-state index in [4.69, 9.17) is 4.55 Å². The minimum atomic E-state index is -4.21. The van der Waals surface area contributed by atoms with Gasteiger partial charge in [0, 0.05) is 6.07 Å². The molecule has 0 radical (unpaired) electrons. The average molecular weight is 239 g/mol. The first-order valence-corrected chi connectivity index (χ1v) is 4.68. The molecular formula is C4H3BrN2O3S. The molecule has 0 bridgehead atoms. The lowest BCUT2D eigenvalue weighted by Gasteiger charge is -1.93. The van der Waals surface area contributed by atoms with Crippen molar-refractivity contribution < 1.29 is 13.0 Å². The van der Waals surface area contributed by atoms with Crippen LogP contribution < -0.4 is 0 Å². The van der Waals surface area contributed by atoms with Crippen LogP contribution in [0.4, 0.5) is 0 Å². The third-order valence-electron chi connectivity index (χ3n) is 0.873.